The van der Waals surface area contributed by atoms with E-state index in [1.54, 1.807) is 18.0 Å². The van der Waals surface area contributed by atoms with E-state index in [0.29, 0.717) is 12.8 Å². The van der Waals surface area contributed by atoms with Crippen LogP contribution in [-0.2, 0) is 16.9 Å². The minimum atomic E-state index is -0.650. The molecule has 1 aromatic heterocycles. The van der Waals surface area contributed by atoms with Crippen molar-refractivity contribution < 1.29 is 14.3 Å². The van der Waals surface area contributed by atoms with Gasteiger partial charge in [-0.2, -0.15) is 10.4 Å². The Morgan fingerprint density at radius 2 is 2.03 bits per heavy atom. The number of nitrogens with two attached hydrogens (primary N) is 1. The van der Waals surface area contributed by atoms with E-state index in [-0.39, 0.29) is 29.6 Å². The highest BCUT2D eigenvalue weighted by Gasteiger charge is 2.39. The smallest absolute Gasteiger partial charge is 0.254 e. The van der Waals surface area contributed by atoms with E-state index in [1.807, 2.05) is 18.2 Å². The summed E-state index contributed by atoms with van der Waals surface area (Å²) in [7, 11) is 1.67. The highest BCUT2D eigenvalue weighted by Crippen LogP contribution is 2.36. The summed E-state index contributed by atoms with van der Waals surface area (Å²) < 4.78 is 7.14. The number of likely N-dealkylation sites (tertiary alicyclic amines) is 1. The van der Waals surface area contributed by atoms with Crippen LogP contribution < -0.4 is 15.8 Å². The fourth-order valence-electron chi connectivity index (χ4n) is 4.29. The van der Waals surface area contributed by atoms with Crippen LogP contribution in [0.15, 0.2) is 30.5 Å². The van der Waals surface area contributed by atoms with Crippen molar-refractivity contribution in [3.63, 3.8) is 0 Å². The molecule has 4 rings (SSSR count). The molecule has 1 aliphatic carbocycles. The van der Waals surface area contributed by atoms with Crippen LogP contribution in [-0.4, -0.2) is 46.7 Å². The minimum absolute atomic E-state index is 0.0211. The summed E-state index contributed by atoms with van der Waals surface area (Å²) in [6.07, 6.45) is 4.90. The molecule has 2 aromatic rings. The Kier molecular flexibility index (Phi) is 6.15. The number of hydrogen-bond acceptors (Lipinski definition) is 6. The molecule has 2 fully saturated rings. The molecule has 1 saturated heterocycles. The van der Waals surface area contributed by atoms with Crippen LogP contribution in [0.25, 0.3) is 0 Å². The average molecular weight is 437 g/mol. The number of amides is 2. The zero-order chi connectivity index (χ0) is 22.7. The van der Waals surface area contributed by atoms with Crippen LogP contribution in [0.4, 0.5) is 5.82 Å². The number of anilines is 1. The lowest BCUT2D eigenvalue weighted by molar-refractivity contribution is -0.117. The van der Waals surface area contributed by atoms with Gasteiger partial charge in [-0.3, -0.25) is 19.2 Å². The van der Waals surface area contributed by atoms with Crippen LogP contribution in [0.3, 0.4) is 0 Å². The second kappa shape index (κ2) is 9.01. The largest absolute Gasteiger partial charge is 0.496 e. The summed E-state index contributed by atoms with van der Waals surface area (Å²) in [6, 6.07) is 10.2. The van der Waals surface area contributed by atoms with E-state index < -0.39 is 11.4 Å². The Balaban J connectivity index is 1.53. The molecular weight excluding hydrogens is 408 g/mol. The molecule has 32 heavy (non-hydrogen) atoms. The number of aromatic nitrogens is 2. The summed E-state index contributed by atoms with van der Waals surface area (Å²) in [5.41, 5.74) is 6.28. The molecular formula is C23H28N6O3. The first kappa shape index (κ1) is 21.8. The molecule has 0 radical (unpaired) electrons. The third-order valence-electron chi connectivity index (χ3n) is 6.44. The number of nitrogens with zero attached hydrogens (tertiary/aromatic N) is 4. The second-order valence-corrected chi connectivity index (χ2v) is 8.61. The lowest BCUT2D eigenvalue weighted by atomic mass is 9.84. The maximum Gasteiger partial charge on any atom is 0.254 e. The number of nitrogens with one attached hydrogen (secondary N) is 1. The van der Waals surface area contributed by atoms with Gasteiger partial charge in [0.1, 0.15) is 11.3 Å². The normalized spacial score (nSPS) is 18.0. The van der Waals surface area contributed by atoms with Crippen molar-refractivity contribution in [3.8, 4) is 11.8 Å². The molecule has 0 unspecified atom stereocenters. The lowest BCUT2D eigenvalue weighted by Crippen LogP contribution is -2.46. The monoisotopic (exact) mass is 436 g/mol. The van der Waals surface area contributed by atoms with Gasteiger partial charge in [0.05, 0.1) is 25.1 Å². The van der Waals surface area contributed by atoms with Gasteiger partial charge in [-0.1, -0.05) is 18.2 Å². The fourth-order valence-corrected chi connectivity index (χ4v) is 4.29. The van der Waals surface area contributed by atoms with Crippen molar-refractivity contribution >= 4 is 17.6 Å². The molecule has 2 heterocycles. The van der Waals surface area contributed by atoms with Gasteiger partial charge in [-0.15, -0.1) is 0 Å². The summed E-state index contributed by atoms with van der Waals surface area (Å²) in [6.45, 7) is 2.27. The molecule has 0 atom stereocenters. The predicted octanol–water partition coefficient (Wildman–Crippen LogP) is 2.24. The van der Waals surface area contributed by atoms with Gasteiger partial charge in [-0.25, -0.2) is 0 Å². The highest BCUT2D eigenvalue weighted by molar-refractivity contribution is 6.02. The van der Waals surface area contributed by atoms with E-state index >= 15 is 0 Å². The number of rotatable bonds is 8. The topological polar surface area (TPSA) is 126 Å². The van der Waals surface area contributed by atoms with Crippen LogP contribution in [0.5, 0.6) is 5.75 Å². The number of carbonyl (C=O) groups is 2. The van der Waals surface area contributed by atoms with Gasteiger partial charge >= 0.3 is 0 Å². The molecule has 1 saturated carbocycles. The molecule has 9 heteroatoms. The van der Waals surface area contributed by atoms with Crippen molar-refractivity contribution in [1.29, 1.82) is 5.26 Å². The molecule has 2 amide bonds. The van der Waals surface area contributed by atoms with Gasteiger partial charge in [0.2, 0.25) is 5.91 Å². The van der Waals surface area contributed by atoms with Crippen molar-refractivity contribution in [1.82, 2.24) is 14.7 Å². The van der Waals surface area contributed by atoms with Crippen molar-refractivity contribution in [2.45, 2.75) is 44.2 Å². The Hall–Kier alpha value is -3.38. The quantitative estimate of drug-likeness (QED) is 0.654. The van der Waals surface area contributed by atoms with Gasteiger partial charge in [0, 0.05) is 37.3 Å². The SMILES string of the molecule is COc1ccccc1CN1CCC(CC#N)(n2cc(C(N)=O)c(NC(=O)C3CC3)n2)CC1. The molecule has 9 nitrogen and oxygen atoms in total. The number of methoxy groups -OCH3 is 1. The first-order valence-electron chi connectivity index (χ1n) is 10.9. The number of benzene rings is 1. The Morgan fingerprint density at radius 1 is 1.31 bits per heavy atom. The number of hydrogen-bond donors (Lipinski definition) is 2. The fraction of sp³-hybridized carbons (Fsp3) is 0.478. The van der Waals surface area contributed by atoms with Crippen LogP contribution >= 0.6 is 0 Å². The van der Waals surface area contributed by atoms with E-state index in [0.717, 1.165) is 43.8 Å². The number of nitriles is 1. The van der Waals surface area contributed by atoms with Crippen LogP contribution in [0, 0.1) is 17.2 Å². The standard InChI is InChI=1S/C23H28N6O3/c1-32-19-5-3-2-4-17(19)14-28-12-9-23(8-11-24,10-13-28)29-15-18(20(25)30)21(27-29)26-22(31)16-6-7-16/h2-5,15-16H,6-10,12-14H2,1H3,(H2,25,30)(H,26,27,31). The average Bonchev–Trinajstić information content (AvgIpc) is 3.56. The molecule has 1 aliphatic heterocycles. The predicted molar refractivity (Wildman–Crippen MR) is 118 cm³/mol. The van der Waals surface area contributed by atoms with Crippen LogP contribution in [0.1, 0.15) is 48.0 Å². The molecule has 1 aromatic carbocycles. The van der Waals surface area contributed by atoms with Gasteiger partial charge in [0.25, 0.3) is 5.91 Å². The van der Waals surface area contributed by atoms with Crippen molar-refractivity contribution in [2.24, 2.45) is 11.7 Å². The summed E-state index contributed by atoms with van der Waals surface area (Å²) in [5.74, 6) is 0.229. The number of carbonyl (C=O) groups excluding carboxylic acids is 2. The first-order valence-corrected chi connectivity index (χ1v) is 10.9. The summed E-state index contributed by atoms with van der Waals surface area (Å²) in [4.78, 5) is 26.5. The van der Waals surface area contributed by atoms with Gasteiger partial charge < -0.3 is 15.8 Å². The van der Waals surface area contributed by atoms with E-state index in [1.165, 1.54) is 0 Å². The second-order valence-electron chi connectivity index (χ2n) is 8.61. The maximum absolute atomic E-state index is 12.2. The van der Waals surface area contributed by atoms with E-state index in [4.69, 9.17) is 10.5 Å². The minimum Gasteiger partial charge on any atom is -0.496 e. The van der Waals surface area contributed by atoms with E-state index in [2.05, 4.69) is 27.5 Å². The Bertz CT molecular complexity index is 1040. The van der Waals surface area contributed by atoms with Crippen LogP contribution in [0.2, 0.25) is 0 Å². The molecule has 168 valence electrons. The number of ether oxygens (including phenoxy) is 1. The molecule has 2 aliphatic rings. The molecule has 3 N–H and O–H groups in total. The molecule has 0 spiro atoms. The summed E-state index contributed by atoms with van der Waals surface area (Å²) >= 11 is 0. The zero-order valence-electron chi connectivity index (χ0n) is 18.2. The Labute approximate surface area is 187 Å². The number of para-hydroxylation sites is 1. The number of primary amides is 1. The lowest BCUT2D eigenvalue weighted by Gasteiger charge is -2.40. The molecule has 0 bridgehead atoms. The zero-order valence-corrected chi connectivity index (χ0v) is 18.2. The highest BCUT2D eigenvalue weighted by atomic mass is 16.5. The third-order valence-corrected chi connectivity index (χ3v) is 6.44. The first-order chi connectivity index (χ1) is 15.5. The van der Waals surface area contributed by atoms with Crippen molar-refractivity contribution in [3.05, 3.63) is 41.6 Å². The third kappa shape index (κ3) is 4.46. The van der Waals surface area contributed by atoms with Crippen molar-refractivity contribution in [2.75, 3.05) is 25.5 Å². The maximum atomic E-state index is 12.2. The Morgan fingerprint density at radius 3 is 2.66 bits per heavy atom. The van der Waals surface area contributed by atoms with E-state index in [9.17, 15) is 14.9 Å². The summed E-state index contributed by atoms with van der Waals surface area (Å²) in [5, 5.41) is 16.8. The number of piperidine rings is 1. The van der Waals surface area contributed by atoms with Gasteiger partial charge in [0.15, 0.2) is 5.82 Å². The van der Waals surface area contributed by atoms with Gasteiger partial charge in [-0.05, 0) is 31.7 Å².